The molecule has 2 aliphatic heterocycles. The van der Waals surface area contributed by atoms with Gasteiger partial charge in [-0.3, -0.25) is 0 Å². The molecule has 4 rings (SSSR count). The number of alkyl carbamates (subject to hydrolysis) is 1. The van der Waals surface area contributed by atoms with E-state index in [2.05, 4.69) is 17.2 Å². The maximum atomic E-state index is 13.2. The van der Waals surface area contributed by atoms with Crippen LogP contribution in [0.4, 0.5) is 10.5 Å². The number of methoxy groups -OCH3 is 1. The highest BCUT2D eigenvalue weighted by Gasteiger charge is 2.53. The number of amides is 1. The van der Waals surface area contributed by atoms with E-state index in [0.29, 0.717) is 41.0 Å². The highest BCUT2D eigenvalue weighted by molar-refractivity contribution is 7.89. The van der Waals surface area contributed by atoms with Gasteiger partial charge < -0.3 is 19.9 Å². The SMILES string of the molecule is C=C1CN([S+]([O-])c2ccc(Cl)cc2)CC2Nc3ccc(Cl)cc3C12CCNC(=O)OC. The monoisotopic (exact) mass is 479 g/mol. The zero-order valence-corrected chi connectivity index (χ0v) is 19.3. The van der Waals surface area contributed by atoms with Gasteiger partial charge in [-0.15, -0.1) is 4.31 Å². The van der Waals surface area contributed by atoms with Gasteiger partial charge in [0, 0.05) is 27.7 Å². The van der Waals surface area contributed by atoms with Gasteiger partial charge in [-0.25, -0.2) is 4.79 Å². The van der Waals surface area contributed by atoms with Gasteiger partial charge >= 0.3 is 6.09 Å². The second-order valence-corrected chi connectivity index (χ2v) is 10.0. The number of piperidine rings is 1. The Bertz CT molecular complexity index is 1000. The molecule has 2 aromatic rings. The number of benzene rings is 2. The summed E-state index contributed by atoms with van der Waals surface area (Å²) >= 11 is 10.9. The van der Waals surface area contributed by atoms with E-state index in [0.717, 1.165) is 16.8 Å². The van der Waals surface area contributed by atoms with E-state index in [1.807, 2.05) is 22.5 Å². The average molecular weight is 480 g/mol. The van der Waals surface area contributed by atoms with Gasteiger partial charge in [-0.05, 0) is 60.0 Å². The summed E-state index contributed by atoms with van der Waals surface area (Å²) in [5, 5.41) is 7.58. The predicted octanol–water partition coefficient (Wildman–Crippen LogP) is 4.37. The maximum absolute atomic E-state index is 13.2. The molecule has 1 amide bonds. The predicted molar refractivity (Wildman–Crippen MR) is 124 cm³/mol. The molecule has 2 heterocycles. The van der Waals surface area contributed by atoms with Crippen LogP contribution in [0.2, 0.25) is 10.0 Å². The van der Waals surface area contributed by atoms with Gasteiger partial charge in [0.05, 0.1) is 37.6 Å². The molecule has 6 nitrogen and oxygen atoms in total. The first-order valence-electron chi connectivity index (χ1n) is 9.84. The van der Waals surface area contributed by atoms with Crippen LogP contribution < -0.4 is 10.6 Å². The number of fused-ring (bicyclic) bond motifs is 3. The van der Waals surface area contributed by atoms with Crippen molar-refractivity contribution in [3.8, 4) is 0 Å². The van der Waals surface area contributed by atoms with E-state index < -0.39 is 22.9 Å². The van der Waals surface area contributed by atoms with Crippen molar-refractivity contribution in [2.75, 3.05) is 32.1 Å². The first kappa shape index (κ1) is 22.3. The van der Waals surface area contributed by atoms with Gasteiger partial charge in [0.2, 0.25) is 0 Å². The number of halogens is 2. The number of nitrogens with one attached hydrogen (secondary N) is 2. The summed E-state index contributed by atoms with van der Waals surface area (Å²) in [6.45, 7) is 5.80. The quantitative estimate of drug-likeness (QED) is 0.491. The molecule has 164 valence electrons. The van der Waals surface area contributed by atoms with Crippen LogP contribution in [0.25, 0.3) is 0 Å². The number of ether oxygens (including phenoxy) is 1. The van der Waals surface area contributed by atoms with E-state index in [9.17, 15) is 9.35 Å². The molecular weight excluding hydrogens is 457 g/mol. The Morgan fingerprint density at radius 3 is 2.74 bits per heavy atom. The highest BCUT2D eigenvalue weighted by Crippen LogP contribution is 2.51. The third-order valence-corrected chi connectivity index (χ3v) is 7.90. The molecule has 0 saturated carbocycles. The molecule has 2 aliphatic rings. The molecule has 31 heavy (non-hydrogen) atoms. The molecule has 9 heteroatoms. The summed E-state index contributed by atoms with van der Waals surface area (Å²) in [4.78, 5) is 12.3. The topological polar surface area (TPSA) is 76.7 Å². The Morgan fingerprint density at radius 2 is 2.03 bits per heavy atom. The number of rotatable bonds is 5. The second kappa shape index (κ2) is 8.92. The van der Waals surface area contributed by atoms with Gasteiger partial charge in [0.1, 0.15) is 0 Å². The molecule has 0 radical (unpaired) electrons. The van der Waals surface area contributed by atoms with Crippen molar-refractivity contribution in [1.29, 1.82) is 0 Å². The maximum Gasteiger partial charge on any atom is 0.406 e. The van der Waals surface area contributed by atoms with E-state index in [4.69, 9.17) is 27.9 Å². The first-order valence-corrected chi connectivity index (χ1v) is 11.7. The molecular formula is C22H23Cl2N3O3S. The standard InChI is InChI=1S/C22H23Cl2N3O3S/c1-14-12-27(31(29)17-6-3-15(23)4-7-17)13-20-22(14,9-10-25-21(28)30-2)18-11-16(24)5-8-19(18)26-20/h3-8,11,20,26H,1,9-10,12-13H2,2H3,(H,25,28). The number of hydrogen-bond donors (Lipinski definition) is 2. The van der Waals surface area contributed by atoms with Crippen LogP contribution >= 0.6 is 23.2 Å². The Morgan fingerprint density at radius 1 is 1.32 bits per heavy atom. The van der Waals surface area contributed by atoms with Gasteiger partial charge in [-0.2, -0.15) is 0 Å². The largest absolute Gasteiger partial charge is 0.593 e. The summed E-state index contributed by atoms with van der Waals surface area (Å²) in [6, 6.07) is 12.7. The minimum atomic E-state index is -1.35. The lowest BCUT2D eigenvalue weighted by molar-refractivity contribution is 0.169. The smallest absolute Gasteiger partial charge is 0.406 e. The number of hydrogen-bond acceptors (Lipinski definition) is 5. The van der Waals surface area contributed by atoms with Crippen molar-refractivity contribution in [1.82, 2.24) is 9.62 Å². The minimum absolute atomic E-state index is 0.0714. The van der Waals surface area contributed by atoms with Crippen LogP contribution in [-0.4, -0.2) is 47.7 Å². The highest BCUT2D eigenvalue weighted by atomic mass is 35.5. The van der Waals surface area contributed by atoms with Crippen LogP contribution in [0.5, 0.6) is 0 Å². The number of anilines is 1. The zero-order valence-electron chi connectivity index (χ0n) is 17.0. The fraction of sp³-hybridized carbons (Fsp3) is 0.318. The molecule has 1 saturated heterocycles. The van der Waals surface area contributed by atoms with Crippen molar-refractivity contribution >= 4 is 46.3 Å². The molecule has 0 aromatic heterocycles. The molecule has 1 fully saturated rings. The molecule has 2 N–H and O–H groups in total. The molecule has 0 bridgehead atoms. The third-order valence-electron chi connectivity index (χ3n) is 6.00. The van der Waals surface area contributed by atoms with Crippen molar-refractivity contribution in [2.24, 2.45) is 0 Å². The van der Waals surface area contributed by atoms with Crippen molar-refractivity contribution in [3.05, 3.63) is 70.2 Å². The Kier molecular flexibility index (Phi) is 6.42. The summed E-state index contributed by atoms with van der Waals surface area (Å²) < 4.78 is 19.9. The van der Waals surface area contributed by atoms with Crippen molar-refractivity contribution in [3.63, 3.8) is 0 Å². The number of carbonyl (C=O) groups is 1. The molecule has 3 unspecified atom stereocenters. The first-order chi connectivity index (χ1) is 14.8. The molecule has 0 aliphatic carbocycles. The van der Waals surface area contributed by atoms with E-state index in [1.54, 1.807) is 24.3 Å². The summed E-state index contributed by atoms with van der Waals surface area (Å²) in [6.07, 6.45) is 0.144. The summed E-state index contributed by atoms with van der Waals surface area (Å²) in [5.41, 5.74) is 2.51. The van der Waals surface area contributed by atoms with Gasteiger partial charge in [0.15, 0.2) is 4.90 Å². The average Bonchev–Trinajstić information content (AvgIpc) is 3.07. The van der Waals surface area contributed by atoms with Crippen LogP contribution in [0.1, 0.15) is 12.0 Å². The lowest BCUT2D eigenvalue weighted by Crippen LogP contribution is -2.57. The van der Waals surface area contributed by atoms with Crippen LogP contribution in [0, 0.1) is 0 Å². The Balaban J connectivity index is 1.63. The molecule has 0 spiro atoms. The Labute approximate surface area is 194 Å². The normalized spacial score (nSPS) is 23.5. The van der Waals surface area contributed by atoms with Crippen LogP contribution in [-0.2, 0) is 21.5 Å². The summed E-state index contributed by atoms with van der Waals surface area (Å²) in [5.74, 6) is 0. The van der Waals surface area contributed by atoms with E-state index in [1.165, 1.54) is 7.11 Å². The van der Waals surface area contributed by atoms with Gasteiger partial charge in [-0.1, -0.05) is 29.8 Å². The zero-order chi connectivity index (χ0) is 22.2. The minimum Gasteiger partial charge on any atom is -0.593 e. The summed E-state index contributed by atoms with van der Waals surface area (Å²) in [7, 11) is 1.34. The Hall–Kier alpha value is -1.90. The number of nitrogens with zero attached hydrogens (tertiary/aromatic N) is 1. The van der Waals surface area contributed by atoms with Crippen molar-refractivity contribution < 1.29 is 14.1 Å². The molecule has 3 atom stereocenters. The van der Waals surface area contributed by atoms with Crippen LogP contribution in [0.3, 0.4) is 0 Å². The van der Waals surface area contributed by atoms with E-state index in [-0.39, 0.29) is 6.04 Å². The van der Waals surface area contributed by atoms with Gasteiger partial charge in [0.25, 0.3) is 0 Å². The van der Waals surface area contributed by atoms with E-state index >= 15 is 0 Å². The fourth-order valence-corrected chi connectivity index (χ4v) is 6.04. The third kappa shape index (κ3) is 4.13. The number of carbonyl (C=O) groups excluding carboxylic acids is 1. The van der Waals surface area contributed by atoms with Crippen LogP contribution in [0.15, 0.2) is 59.5 Å². The fourth-order valence-electron chi connectivity index (χ4n) is 4.52. The lowest BCUT2D eigenvalue weighted by Gasteiger charge is -2.45. The molecule has 2 aromatic carbocycles. The second-order valence-electron chi connectivity index (χ2n) is 7.66. The lowest BCUT2D eigenvalue weighted by atomic mass is 9.67. The van der Waals surface area contributed by atoms with Crippen molar-refractivity contribution in [2.45, 2.75) is 22.8 Å².